The van der Waals surface area contributed by atoms with E-state index in [-0.39, 0.29) is 17.9 Å². The molecule has 2 fully saturated rings. The van der Waals surface area contributed by atoms with Crippen molar-refractivity contribution in [2.24, 2.45) is 11.8 Å². The maximum Gasteiger partial charge on any atom is 0.309 e. The number of aliphatic carboxylic acids is 1. The van der Waals surface area contributed by atoms with E-state index < -0.39 is 11.9 Å². The maximum atomic E-state index is 12.5. The summed E-state index contributed by atoms with van der Waals surface area (Å²) in [7, 11) is 1.63. The van der Waals surface area contributed by atoms with Crippen LogP contribution in [0.3, 0.4) is 0 Å². The van der Waals surface area contributed by atoms with Crippen LogP contribution < -0.4 is 4.74 Å². The summed E-state index contributed by atoms with van der Waals surface area (Å²) in [4.78, 5) is 26.7. The molecule has 0 aliphatic carbocycles. The predicted molar refractivity (Wildman–Crippen MR) is 98.5 cm³/mol. The summed E-state index contributed by atoms with van der Waals surface area (Å²) in [6, 6.07) is 7.68. The Morgan fingerprint density at radius 3 is 2.54 bits per heavy atom. The fourth-order valence-corrected chi connectivity index (χ4v) is 4.53. The molecule has 0 saturated carbocycles. The summed E-state index contributed by atoms with van der Waals surface area (Å²) >= 11 is 1.52. The van der Waals surface area contributed by atoms with Gasteiger partial charge in [-0.15, -0.1) is 11.8 Å². The second-order valence-corrected chi connectivity index (χ2v) is 7.80. The molecule has 0 spiro atoms. The Morgan fingerprint density at radius 2 is 1.92 bits per heavy atom. The van der Waals surface area contributed by atoms with Gasteiger partial charge >= 0.3 is 5.97 Å². The number of carbonyl (C=O) groups is 2. The molecule has 7 heteroatoms. The zero-order valence-corrected chi connectivity index (χ0v) is 15.7. The fraction of sp³-hybridized carbons (Fsp3) is 0.579. The predicted octanol–water partition coefficient (Wildman–Crippen LogP) is 2.52. The van der Waals surface area contributed by atoms with Crippen molar-refractivity contribution >= 4 is 23.6 Å². The maximum absolute atomic E-state index is 12.5. The Kier molecular flexibility index (Phi) is 6.43. The van der Waals surface area contributed by atoms with E-state index in [9.17, 15) is 14.7 Å². The van der Waals surface area contributed by atoms with Crippen LogP contribution in [0, 0.1) is 11.8 Å². The van der Waals surface area contributed by atoms with Crippen molar-refractivity contribution in [3.05, 3.63) is 24.3 Å². The first-order valence-corrected chi connectivity index (χ1v) is 9.96. The number of likely N-dealkylation sites (tertiary alicyclic amines) is 1. The van der Waals surface area contributed by atoms with E-state index in [1.807, 2.05) is 29.2 Å². The van der Waals surface area contributed by atoms with Gasteiger partial charge in [0.15, 0.2) is 0 Å². The third-order valence-corrected chi connectivity index (χ3v) is 6.23. The van der Waals surface area contributed by atoms with Crippen molar-refractivity contribution in [3.63, 3.8) is 0 Å². The van der Waals surface area contributed by atoms with Gasteiger partial charge in [0.1, 0.15) is 5.75 Å². The fourth-order valence-electron chi connectivity index (χ4n) is 3.73. The molecule has 1 N–H and O–H groups in total. The number of hydrogen-bond donors (Lipinski definition) is 1. The van der Waals surface area contributed by atoms with Crippen LogP contribution in [-0.4, -0.2) is 60.5 Å². The molecule has 3 rings (SSSR count). The molecule has 1 aromatic rings. The molecule has 2 heterocycles. The SMILES string of the molecule is COc1ccc(SCC(=O)N2CCC([C@@H]3OCCC3C(=O)O)CC2)cc1. The number of amides is 1. The molecule has 2 aliphatic rings. The van der Waals surface area contributed by atoms with Crippen LogP contribution in [0.1, 0.15) is 19.3 Å². The van der Waals surface area contributed by atoms with E-state index in [2.05, 4.69) is 0 Å². The van der Waals surface area contributed by atoms with Gasteiger partial charge in [0.25, 0.3) is 0 Å². The Balaban J connectivity index is 1.45. The normalized spacial score (nSPS) is 23.8. The molecule has 6 nitrogen and oxygen atoms in total. The van der Waals surface area contributed by atoms with Gasteiger partial charge in [-0.3, -0.25) is 9.59 Å². The van der Waals surface area contributed by atoms with Crippen molar-refractivity contribution in [1.29, 1.82) is 0 Å². The van der Waals surface area contributed by atoms with E-state index in [4.69, 9.17) is 9.47 Å². The Morgan fingerprint density at radius 1 is 1.23 bits per heavy atom. The third kappa shape index (κ3) is 4.51. The molecule has 2 saturated heterocycles. The van der Waals surface area contributed by atoms with Gasteiger partial charge in [-0.25, -0.2) is 0 Å². The molecule has 0 radical (unpaired) electrons. The minimum absolute atomic E-state index is 0.131. The summed E-state index contributed by atoms with van der Waals surface area (Å²) in [6.45, 7) is 1.89. The number of carboxylic acids is 1. The first-order valence-electron chi connectivity index (χ1n) is 8.97. The Labute approximate surface area is 157 Å². The molecular formula is C19H25NO5S. The highest BCUT2D eigenvalue weighted by Crippen LogP contribution is 2.33. The quantitative estimate of drug-likeness (QED) is 0.766. The number of piperidine rings is 1. The molecule has 26 heavy (non-hydrogen) atoms. The van der Waals surface area contributed by atoms with Crippen molar-refractivity contribution in [2.45, 2.75) is 30.3 Å². The molecule has 1 amide bonds. The number of ether oxygens (including phenoxy) is 2. The van der Waals surface area contributed by atoms with Gasteiger partial charge in [0.2, 0.25) is 5.91 Å². The molecular weight excluding hydrogens is 354 g/mol. The average molecular weight is 379 g/mol. The zero-order chi connectivity index (χ0) is 18.5. The number of carbonyl (C=O) groups excluding carboxylic acids is 1. The smallest absolute Gasteiger partial charge is 0.309 e. The lowest BCUT2D eigenvalue weighted by atomic mass is 9.84. The third-order valence-electron chi connectivity index (χ3n) is 5.23. The van der Waals surface area contributed by atoms with Crippen LogP contribution in [0.5, 0.6) is 5.75 Å². The van der Waals surface area contributed by atoms with Crippen LogP contribution in [0.2, 0.25) is 0 Å². The minimum Gasteiger partial charge on any atom is -0.497 e. The Hall–Kier alpha value is -1.73. The highest BCUT2D eigenvalue weighted by Gasteiger charge is 2.40. The number of benzene rings is 1. The number of thioether (sulfide) groups is 1. The molecule has 0 bridgehead atoms. The molecule has 2 aliphatic heterocycles. The second kappa shape index (κ2) is 8.77. The van der Waals surface area contributed by atoms with Gasteiger partial charge < -0.3 is 19.5 Å². The summed E-state index contributed by atoms with van der Waals surface area (Å²) < 4.78 is 10.8. The molecule has 0 aromatic heterocycles. The summed E-state index contributed by atoms with van der Waals surface area (Å²) in [5, 5.41) is 9.31. The van der Waals surface area contributed by atoms with Crippen molar-refractivity contribution in [1.82, 2.24) is 4.90 Å². The van der Waals surface area contributed by atoms with E-state index in [0.717, 1.165) is 23.5 Å². The van der Waals surface area contributed by atoms with Gasteiger partial charge in [-0.2, -0.15) is 0 Å². The number of rotatable bonds is 6. The summed E-state index contributed by atoms with van der Waals surface area (Å²) in [5.41, 5.74) is 0. The summed E-state index contributed by atoms with van der Waals surface area (Å²) in [5.74, 6) is 0.420. The first kappa shape index (κ1) is 19.0. The largest absolute Gasteiger partial charge is 0.497 e. The monoisotopic (exact) mass is 379 g/mol. The van der Waals surface area contributed by atoms with Gasteiger partial charge in [-0.1, -0.05) is 0 Å². The molecule has 142 valence electrons. The molecule has 1 aromatic carbocycles. The van der Waals surface area contributed by atoms with Gasteiger partial charge in [0.05, 0.1) is 24.9 Å². The molecule has 1 unspecified atom stereocenters. The van der Waals surface area contributed by atoms with Crippen LogP contribution in [-0.2, 0) is 14.3 Å². The van der Waals surface area contributed by atoms with E-state index in [1.165, 1.54) is 11.8 Å². The lowest BCUT2D eigenvalue weighted by Crippen LogP contribution is -2.43. The summed E-state index contributed by atoms with van der Waals surface area (Å²) in [6.07, 6.45) is 2.02. The minimum atomic E-state index is -0.762. The first-order chi connectivity index (χ1) is 12.6. The van der Waals surface area contributed by atoms with E-state index in [0.29, 0.717) is 31.9 Å². The van der Waals surface area contributed by atoms with Crippen LogP contribution in [0.15, 0.2) is 29.2 Å². The van der Waals surface area contributed by atoms with Gasteiger partial charge in [-0.05, 0) is 49.4 Å². The lowest BCUT2D eigenvalue weighted by Gasteiger charge is -2.35. The van der Waals surface area contributed by atoms with Gasteiger partial charge in [0, 0.05) is 24.6 Å². The van der Waals surface area contributed by atoms with Crippen molar-refractivity contribution in [2.75, 3.05) is 32.6 Å². The zero-order valence-electron chi connectivity index (χ0n) is 14.9. The van der Waals surface area contributed by atoms with E-state index in [1.54, 1.807) is 7.11 Å². The van der Waals surface area contributed by atoms with Crippen LogP contribution in [0.25, 0.3) is 0 Å². The standard InChI is InChI=1S/C19H25NO5S/c1-24-14-2-4-15(5-3-14)26-12-17(21)20-9-6-13(7-10-20)18-16(19(22)23)8-11-25-18/h2-5,13,16,18H,6-12H2,1H3,(H,22,23)/t16?,18-/m0/s1. The number of carboxylic acid groups (broad SMARTS) is 1. The highest BCUT2D eigenvalue weighted by atomic mass is 32.2. The number of methoxy groups -OCH3 is 1. The Bertz CT molecular complexity index is 627. The van der Waals surface area contributed by atoms with Crippen molar-refractivity contribution in [3.8, 4) is 5.75 Å². The number of nitrogens with zero attached hydrogens (tertiary/aromatic N) is 1. The number of hydrogen-bond acceptors (Lipinski definition) is 5. The van der Waals surface area contributed by atoms with Crippen molar-refractivity contribution < 1.29 is 24.2 Å². The second-order valence-electron chi connectivity index (χ2n) is 6.75. The average Bonchev–Trinajstić information content (AvgIpc) is 3.17. The molecule has 2 atom stereocenters. The lowest BCUT2D eigenvalue weighted by molar-refractivity contribution is -0.145. The topological polar surface area (TPSA) is 76.1 Å². The van der Waals surface area contributed by atoms with E-state index >= 15 is 0 Å². The van der Waals surface area contributed by atoms with Crippen LogP contribution in [0.4, 0.5) is 0 Å². The highest BCUT2D eigenvalue weighted by molar-refractivity contribution is 8.00. The van der Waals surface area contributed by atoms with Crippen LogP contribution >= 0.6 is 11.8 Å².